The van der Waals surface area contributed by atoms with Crippen molar-refractivity contribution in [2.24, 2.45) is 5.92 Å². The topological polar surface area (TPSA) is 75.2 Å². The van der Waals surface area contributed by atoms with Crippen LogP contribution >= 0.6 is 0 Å². The zero-order valence-corrected chi connectivity index (χ0v) is 13.7. The second-order valence-corrected chi connectivity index (χ2v) is 6.70. The number of amides is 3. The number of hydrogen-bond acceptors (Lipinski definition) is 4. The molecule has 4 rings (SSSR count). The highest BCUT2D eigenvalue weighted by molar-refractivity contribution is 6.07. The maximum Gasteiger partial charge on any atom is 0.325 e. The number of urea groups is 1. The summed E-state index contributed by atoms with van der Waals surface area (Å²) in [5.41, 5.74) is 1.78. The SMILES string of the molecule is CCCC1(C2CC2)NC(=O)N(Cc2ccc3nccnc3c2)C1=O. The summed E-state index contributed by atoms with van der Waals surface area (Å²) in [6.07, 6.45) is 6.91. The van der Waals surface area contributed by atoms with E-state index in [0.717, 1.165) is 35.9 Å². The van der Waals surface area contributed by atoms with Crippen LogP contribution in [0.1, 0.15) is 38.2 Å². The van der Waals surface area contributed by atoms with E-state index in [2.05, 4.69) is 15.3 Å². The second-order valence-electron chi connectivity index (χ2n) is 6.70. The molecule has 0 spiro atoms. The fourth-order valence-corrected chi connectivity index (χ4v) is 3.70. The number of carbonyl (C=O) groups excluding carboxylic acids is 2. The van der Waals surface area contributed by atoms with E-state index in [1.54, 1.807) is 12.4 Å². The van der Waals surface area contributed by atoms with Gasteiger partial charge in [-0.2, -0.15) is 0 Å². The Morgan fingerprint density at radius 3 is 2.67 bits per heavy atom. The van der Waals surface area contributed by atoms with Gasteiger partial charge in [0.15, 0.2) is 0 Å². The van der Waals surface area contributed by atoms with Crippen molar-refractivity contribution in [2.75, 3.05) is 0 Å². The third-order valence-corrected chi connectivity index (χ3v) is 4.99. The number of rotatable bonds is 5. The first-order chi connectivity index (χ1) is 11.6. The van der Waals surface area contributed by atoms with E-state index in [9.17, 15) is 9.59 Å². The summed E-state index contributed by atoms with van der Waals surface area (Å²) >= 11 is 0. The van der Waals surface area contributed by atoms with Crippen molar-refractivity contribution < 1.29 is 9.59 Å². The summed E-state index contributed by atoms with van der Waals surface area (Å²) in [5, 5.41) is 3.00. The number of carbonyl (C=O) groups is 2. The molecule has 2 heterocycles. The molecular formula is C18H20N4O2. The summed E-state index contributed by atoms with van der Waals surface area (Å²) in [6, 6.07) is 5.38. The number of nitrogens with one attached hydrogen (secondary N) is 1. The smallest absolute Gasteiger partial charge is 0.323 e. The van der Waals surface area contributed by atoms with Gasteiger partial charge in [0.2, 0.25) is 0 Å². The zero-order valence-electron chi connectivity index (χ0n) is 13.7. The number of imide groups is 1. The minimum absolute atomic E-state index is 0.0731. The molecule has 1 aliphatic heterocycles. The van der Waals surface area contributed by atoms with Gasteiger partial charge in [-0.15, -0.1) is 0 Å². The molecule has 124 valence electrons. The van der Waals surface area contributed by atoms with Crippen LogP contribution in [0.5, 0.6) is 0 Å². The predicted octanol–water partition coefficient (Wildman–Crippen LogP) is 2.63. The molecule has 1 N–H and O–H groups in total. The molecule has 1 aliphatic carbocycles. The van der Waals surface area contributed by atoms with Crippen LogP contribution in [0.2, 0.25) is 0 Å². The van der Waals surface area contributed by atoms with Crippen molar-refractivity contribution in [1.29, 1.82) is 0 Å². The average Bonchev–Trinajstić information content (AvgIpc) is 3.40. The van der Waals surface area contributed by atoms with Gasteiger partial charge in [-0.25, -0.2) is 4.79 Å². The lowest BCUT2D eigenvalue weighted by Gasteiger charge is -2.26. The summed E-state index contributed by atoms with van der Waals surface area (Å²) in [6.45, 7) is 2.32. The quantitative estimate of drug-likeness (QED) is 0.858. The molecule has 0 radical (unpaired) electrons. The van der Waals surface area contributed by atoms with Crippen molar-refractivity contribution in [3.63, 3.8) is 0 Å². The van der Waals surface area contributed by atoms with Gasteiger partial charge in [-0.1, -0.05) is 19.4 Å². The first kappa shape index (κ1) is 15.1. The van der Waals surface area contributed by atoms with Crippen molar-refractivity contribution in [3.8, 4) is 0 Å². The largest absolute Gasteiger partial charge is 0.325 e. The van der Waals surface area contributed by atoms with Crippen LogP contribution in [-0.4, -0.2) is 32.3 Å². The van der Waals surface area contributed by atoms with E-state index in [-0.39, 0.29) is 18.5 Å². The Hall–Kier alpha value is -2.50. The van der Waals surface area contributed by atoms with E-state index in [0.29, 0.717) is 12.3 Å². The van der Waals surface area contributed by atoms with E-state index in [1.165, 1.54) is 4.90 Å². The molecule has 1 atom stereocenters. The zero-order chi connectivity index (χ0) is 16.7. The fraction of sp³-hybridized carbons (Fsp3) is 0.444. The van der Waals surface area contributed by atoms with Crippen LogP contribution in [-0.2, 0) is 11.3 Å². The van der Waals surface area contributed by atoms with Gasteiger partial charge >= 0.3 is 6.03 Å². The summed E-state index contributed by atoms with van der Waals surface area (Å²) < 4.78 is 0. The molecule has 6 nitrogen and oxygen atoms in total. The number of nitrogens with zero attached hydrogens (tertiary/aromatic N) is 3. The first-order valence-electron chi connectivity index (χ1n) is 8.48. The lowest BCUT2D eigenvalue weighted by Crippen LogP contribution is -2.49. The second kappa shape index (κ2) is 5.54. The Morgan fingerprint density at radius 2 is 1.96 bits per heavy atom. The molecular weight excluding hydrogens is 304 g/mol. The molecule has 1 aromatic carbocycles. The molecule has 1 aromatic heterocycles. The highest BCUT2D eigenvalue weighted by Gasteiger charge is 2.58. The molecule has 2 aromatic rings. The fourth-order valence-electron chi connectivity index (χ4n) is 3.70. The molecule has 0 bridgehead atoms. The molecule has 3 amide bonds. The van der Waals surface area contributed by atoms with Crippen molar-refractivity contribution in [1.82, 2.24) is 20.2 Å². The van der Waals surface area contributed by atoms with Crippen LogP contribution in [0.4, 0.5) is 4.79 Å². The molecule has 1 saturated carbocycles. The maximum absolute atomic E-state index is 13.0. The van der Waals surface area contributed by atoms with Crippen LogP contribution < -0.4 is 5.32 Å². The number of hydrogen-bond donors (Lipinski definition) is 1. The van der Waals surface area contributed by atoms with E-state index < -0.39 is 5.54 Å². The summed E-state index contributed by atoms with van der Waals surface area (Å²) in [4.78, 5) is 35.3. The third kappa shape index (κ3) is 2.33. The van der Waals surface area contributed by atoms with Crippen LogP contribution in [0.25, 0.3) is 11.0 Å². The standard InChI is InChI=1S/C18H20N4O2/c1-2-7-18(13-4-5-13)16(23)22(17(24)21-18)11-12-3-6-14-15(10-12)20-9-8-19-14/h3,6,8-10,13H,2,4-5,7,11H2,1H3,(H,21,24). The highest BCUT2D eigenvalue weighted by atomic mass is 16.2. The first-order valence-corrected chi connectivity index (χ1v) is 8.48. The van der Waals surface area contributed by atoms with E-state index in [1.807, 2.05) is 25.1 Å². The molecule has 24 heavy (non-hydrogen) atoms. The van der Waals surface area contributed by atoms with Crippen LogP contribution in [0, 0.1) is 5.92 Å². The van der Waals surface area contributed by atoms with Gasteiger partial charge in [0.05, 0.1) is 17.6 Å². The maximum atomic E-state index is 13.0. The molecule has 6 heteroatoms. The molecule has 2 fully saturated rings. The Morgan fingerprint density at radius 1 is 1.21 bits per heavy atom. The summed E-state index contributed by atoms with van der Waals surface area (Å²) in [5.74, 6) is 0.220. The Kier molecular flexibility index (Phi) is 3.48. The van der Waals surface area contributed by atoms with Gasteiger partial charge in [0.1, 0.15) is 5.54 Å². The third-order valence-electron chi connectivity index (χ3n) is 4.99. The van der Waals surface area contributed by atoms with Crippen molar-refractivity contribution in [2.45, 2.75) is 44.7 Å². The van der Waals surface area contributed by atoms with E-state index in [4.69, 9.17) is 0 Å². The Labute approximate surface area is 140 Å². The number of benzene rings is 1. The monoisotopic (exact) mass is 324 g/mol. The lowest BCUT2D eigenvalue weighted by atomic mass is 9.88. The van der Waals surface area contributed by atoms with Crippen LogP contribution in [0.3, 0.4) is 0 Å². The van der Waals surface area contributed by atoms with Crippen molar-refractivity contribution in [3.05, 3.63) is 36.2 Å². The predicted molar refractivity (Wildman–Crippen MR) is 89.0 cm³/mol. The highest BCUT2D eigenvalue weighted by Crippen LogP contribution is 2.45. The number of fused-ring (bicyclic) bond motifs is 1. The summed E-state index contributed by atoms with van der Waals surface area (Å²) in [7, 11) is 0. The number of aromatic nitrogens is 2. The average molecular weight is 324 g/mol. The molecule has 1 unspecified atom stereocenters. The molecule has 1 saturated heterocycles. The van der Waals surface area contributed by atoms with Gasteiger partial charge in [0.25, 0.3) is 5.91 Å². The van der Waals surface area contributed by atoms with Gasteiger partial charge in [-0.05, 0) is 42.9 Å². The minimum atomic E-state index is -0.678. The lowest BCUT2D eigenvalue weighted by molar-refractivity contribution is -0.132. The minimum Gasteiger partial charge on any atom is -0.323 e. The normalized spacial score (nSPS) is 23.8. The molecule has 2 aliphatic rings. The Balaban J connectivity index is 1.61. The van der Waals surface area contributed by atoms with Crippen molar-refractivity contribution >= 4 is 23.0 Å². The van der Waals surface area contributed by atoms with Gasteiger partial charge in [0, 0.05) is 12.4 Å². The Bertz CT molecular complexity index is 818. The van der Waals surface area contributed by atoms with Crippen LogP contribution in [0.15, 0.2) is 30.6 Å². The van der Waals surface area contributed by atoms with Gasteiger partial charge < -0.3 is 5.32 Å². The van der Waals surface area contributed by atoms with E-state index >= 15 is 0 Å². The van der Waals surface area contributed by atoms with Gasteiger partial charge in [-0.3, -0.25) is 19.7 Å².